The first kappa shape index (κ1) is 26.5. The zero-order valence-corrected chi connectivity index (χ0v) is 25.3. The van der Waals surface area contributed by atoms with E-state index < -0.39 is 15.6 Å². The second-order valence-corrected chi connectivity index (χ2v) is 15.7. The summed E-state index contributed by atoms with van der Waals surface area (Å²) < 4.78 is 47.9. The van der Waals surface area contributed by atoms with Crippen molar-refractivity contribution in [2.45, 2.75) is 74.7 Å². The summed E-state index contributed by atoms with van der Waals surface area (Å²) in [5, 5.41) is 0. The molecule has 5 aliphatic carbocycles. The normalized spacial score (nSPS) is 36.7. The topological polar surface area (TPSA) is 68.3 Å². The molecule has 220 valence electrons. The molecule has 6 atom stereocenters. The number of benzene rings is 2. The van der Waals surface area contributed by atoms with Crippen molar-refractivity contribution < 1.29 is 22.6 Å². The van der Waals surface area contributed by atoms with E-state index in [1.807, 2.05) is 37.4 Å². The fourth-order valence-electron chi connectivity index (χ4n) is 10.3. The van der Waals surface area contributed by atoms with E-state index in [1.165, 1.54) is 36.8 Å². The van der Waals surface area contributed by atoms with Gasteiger partial charge in [0.25, 0.3) is 0 Å². The van der Waals surface area contributed by atoms with Crippen LogP contribution in [-0.2, 0) is 33.1 Å². The van der Waals surface area contributed by atoms with Crippen molar-refractivity contribution in [2.24, 2.45) is 17.3 Å². The van der Waals surface area contributed by atoms with Gasteiger partial charge in [-0.1, -0.05) is 36.4 Å². The number of fused-ring (bicyclic) bond motifs is 2. The molecule has 7 aliphatic rings. The molecule has 2 aromatic carbocycles. The van der Waals surface area contributed by atoms with Crippen LogP contribution in [0, 0.1) is 17.3 Å². The molecular formula is C33H42N2O5S. The van der Waals surface area contributed by atoms with Crippen LogP contribution >= 0.6 is 0 Å². The first-order valence-corrected chi connectivity index (χ1v) is 17.3. The van der Waals surface area contributed by atoms with Crippen molar-refractivity contribution in [1.29, 1.82) is 0 Å². The molecule has 9 rings (SSSR count). The predicted octanol–water partition coefficient (Wildman–Crippen LogP) is 4.38. The molecule has 2 aromatic rings. The molecule has 0 aromatic heterocycles. The first-order chi connectivity index (χ1) is 19.8. The van der Waals surface area contributed by atoms with Crippen LogP contribution < -0.4 is 9.47 Å². The standard InChI is InChI=1S/C33H42N2O5S/c1-38-26-12-11-24-17-27-31-13-14-33(39-2,25(18-31)21-35(41(3,36)37)20-22-7-5-4-6-8-22)30-32(31,28(24)29(26)40-30)15-16-34(27)19-23-9-10-23/h4-8,11-12,23,25,27,30H,9-10,13-21H2,1-3H3/t25-,27-,30-,31-,32+,33-/m1/s1. The summed E-state index contributed by atoms with van der Waals surface area (Å²) in [5.74, 6) is 2.59. The summed E-state index contributed by atoms with van der Waals surface area (Å²) in [7, 11) is 0.117. The van der Waals surface area contributed by atoms with Crippen molar-refractivity contribution in [3.05, 3.63) is 59.2 Å². The number of piperidine rings is 1. The van der Waals surface area contributed by atoms with E-state index in [2.05, 4.69) is 17.0 Å². The van der Waals surface area contributed by atoms with Gasteiger partial charge in [0.05, 0.1) is 13.4 Å². The highest BCUT2D eigenvalue weighted by molar-refractivity contribution is 7.88. The maximum Gasteiger partial charge on any atom is 0.211 e. The van der Waals surface area contributed by atoms with Crippen molar-refractivity contribution in [3.63, 3.8) is 0 Å². The minimum atomic E-state index is -3.45. The molecule has 7 nitrogen and oxygen atoms in total. The Kier molecular flexibility index (Phi) is 5.78. The quantitative estimate of drug-likeness (QED) is 0.440. The fourth-order valence-corrected chi connectivity index (χ4v) is 11.1. The van der Waals surface area contributed by atoms with E-state index >= 15 is 0 Å². The average Bonchev–Trinajstić information content (AvgIpc) is 3.71. The predicted molar refractivity (Wildman–Crippen MR) is 157 cm³/mol. The number of sulfonamides is 1. The Balaban J connectivity index is 1.26. The lowest BCUT2D eigenvalue weighted by Gasteiger charge is -2.74. The highest BCUT2D eigenvalue weighted by Crippen LogP contribution is 2.76. The summed E-state index contributed by atoms with van der Waals surface area (Å²) in [4.78, 5) is 2.83. The Morgan fingerprint density at radius 2 is 1.88 bits per heavy atom. The smallest absolute Gasteiger partial charge is 0.211 e. The van der Waals surface area contributed by atoms with Gasteiger partial charge in [-0.15, -0.1) is 0 Å². The summed E-state index contributed by atoms with van der Waals surface area (Å²) in [6.45, 7) is 3.09. The Morgan fingerprint density at radius 1 is 1.07 bits per heavy atom. The van der Waals surface area contributed by atoms with Gasteiger partial charge >= 0.3 is 0 Å². The van der Waals surface area contributed by atoms with Crippen LogP contribution in [-0.4, -0.2) is 75.5 Å². The molecule has 2 spiro atoms. The molecule has 2 heterocycles. The van der Waals surface area contributed by atoms with Gasteiger partial charge in [0, 0.05) is 55.1 Å². The minimum Gasteiger partial charge on any atom is -0.493 e. The van der Waals surface area contributed by atoms with Crippen LogP contribution in [0.15, 0.2) is 42.5 Å². The lowest BCUT2D eigenvalue weighted by molar-refractivity contribution is -0.277. The van der Waals surface area contributed by atoms with E-state index in [9.17, 15) is 8.42 Å². The Bertz CT molecular complexity index is 1480. The summed E-state index contributed by atoms with van der Waals surface area (Å²) in [5.41, 5.74) is 3.13. The first-order valence-electron chi connectivity index (χ1n) is 15.4. The number of likely N-dealkylation sites (tertiary alicyclic amines) is 1. The highest BCUT2D eigenvalue weighted by atomic mass is 32.2. The number of nitrogens with zero attached hydrogens (tertiary/aromatic N) is 2. The van der Waals surface area contributed by atoms with Crippen LogP contribution in [0.5, 0.6) is 11.5 Å². The maximum absolute atomic E-state index is 13.3. The van der Waals surface area contributed by atoms with Crippen molar-refractivity contribution >= 4 is 10.0 Å². The number of methoxy groups -OCH3 is 2. The van der Waals surface area contributed by atoms with E-state index in [-0.39, 0.29) is 22.9 Å². The largest absolute Gasteiger partial charge is 0.493 e. The molecular weight excluding hydrogens is 536 g/mol. The lowest BCUT2D eigenvalue weighted by atomic mass is 9.35. The second-order valence-electron chi connectivity index (χ2n) is 13.8. The highest BCUT2D eigenvalue weighted by Gasteiger charge is 2.80. The molecule has 0 N–H and O–H groups in total. The number of hydrogen-bond donors (Lipinski definition) is 0. The van der Waals surface area contributed by atoms with Crippen LogP contribution in [0.2, 0.25) is 0 Å². The SMILES string of the molecule is COc1ccc2c3c1O[C@H]1[C@@]4(OC)CC[C@@]5(C[C@@H]4CN(Cc4ccccc4)S(C)(=O)=O)[C@@H](C2)N(CC2CC2)CC[C@]315. The molecule has 0 amide bonds. The molecule has 4 saturated carbocycles. The zero-order valence-electron chi connectivity index (χ0n) is 24.5. The van der Waals surface area contributed by atoms with E-state index in [4.69, 9.17) is 14.2 Å². The van der Waals surface area contributed by atoms with Gasteiger partial charge in [0.1, 0.15) is 11.7 Å². The van der Waals surface area contributed by atoms with Gasteiger partial charge in [-0.05, 0) is 74.6 Å². The molecule has 8 heteroatoms. The third-order valence-corrected chi connectivity index (χ3v) is 13.3. The van der Waals surface area contributed by atoms with Crippen LogP contribution in [0.1, 0.15) is 55.2 Å². The van der Waals surface area contributed by atoms with Crippen LogP contribution in [0.25, 0.3) is 0 Å². The van der Waals surface area contributed by atoms with E-state index in [1.54, 1.807) is 11.4 Å². The third kappa shape index (κ3) is 3.51. The molecule has 0 unspecified atom stereocenters. The van der Waals surface area contributed by atoms with Gasteiger partial charge in [0.2, 0.25) is 10.0 Å². The fraction of sp³-hybridized carbons (Fsp3) is 0.636. The minimum absolute atomic E-state index is 0.0241. The Labute approximate surface area is 244 Å². The van der Waals surface area contributed by atoms with Gasteiger partial charge < -0.3 is 14.2 Å². The van der Waals surface area contributed by atoms with Gasteiger partial charge in [-0.2, -0.15) is 4.31 Å². The molecule has 4 bridgehead atoms. The Hall–Kier alpha value is -2.13. The van der Waals surface area contributed by atoms with Gasteiger partial charge in [-0.25, -0.2) is 8.42 Å². The monoisotopic (exact) mass is 578 g/mol. The van der Waals surface area contributed by atoms with Gasteiger partial charge in [-0.3, -0.25) is 4.90 Å². The number of rotatable bonds is 9. The van der Waals surface area contributed by atoms with E-state index in [0.717, 1.165) is 61.6 Å². The van der Waals surface area contributed by atoms with E-state index in [0.29, 0.717) is 19.1 Å². The molecule has 1 saturated heterocycles. The molecule has 41 heavy (non-hydrogen) atoms. The Morgan fingerprint density at radius 3 is 2.59 bits per heavy atom. The van der Waals surface area contributed by atoms with Gasteiger partial charge in [0.15, 0.2) is 11.5 Å². The second kappa shape index (κ2) is 8.94. The third-order valence-electron chi connectivity index (χ3n) is 12.1. The molecule has 5 fully saturated rings. The van der Waals surface area contributed by atoms with Crippen molar-refractivity contribution in [2.75, 3.05) is 40.1 Å². The maximum atomic E-state index is 13.3. The average molecular weight is 579 g/mol. The summed E-state index contributed by atoms with van der Waals surface area (Å²) >= 11 is 0. The molecule has 2 aliphatic heterocycles. The summed E-state index contributed by atoms with van der Waals surface area (Å²) in [6.07, 6.45) is 8.94. The lowest BCUT2D eigenvalue weighted by Crippen LogP contribution is -2.81. The van der Waals surface area contributed by atoms with Crippen molar-refractivity contribution in [3.8, 4) is 11.5 Å². The van der Waals surface area contributed by atoms with Crippen molar-refractivity contribution in [1.82, 2.24) is 9.21 Å². The number of ether oxygens (including phenoxy) is 3. The summed E-state index contributed by atoms with van der Waals surface area (Å²) in [6, 6.07) is 14.8. The zero-order chi connectivity index (χ0) is 28.2. The van der Waals surface area contributed by atoms with Crippen LogP contribution in [0.4, 0.5) is 0 Å². The molecule has 0 radical (unpaired) electrons. The number of hydrogen-bond acceptors (Lipinski definition) is 6. The van der Waals surface area contributed by atoms with Crippen LogP contribution in [0.3, 0.4) is 0 Å².